The van der Waals surface area contributed by atoms with Crippen LogP contribution >= 0.6 is 0 Å². The summed E-state index contributed by atoms with van der Waals surface area (Å²) in [6.07, 6.45) is 4.72. The average Bonchev–Trinajstić information content (AvgIpc) is 4.06. The monoisotopic (exact) mass is 836 g/mol. The fourth-order valence-electron chi connectivity index (χ4n) is 12.8. The first-order valence-corrected chi connectivity index (χ1v) is 23.6. The van der Waals surface area contributed by atoms with Gasteiger partial charge < -0.3 is 9.80 Å². The van der Waals surface area contributed by atoms with Gasteiger partial charge in [0.2, 0.25) is 0 Å². The Balaban J connectivity index is 1.04. The van der Waals surface area contributed by atoms with Gasteiger partial charge in [-0.2, -0.15) is 0 Å². The summed E-state index contributed by atoms with van der Waals surface area (Å²) >= 11 is 0. The fourth-order valence-corrected chi connectivity index (χ4v) is 12.8. The SMILES string of the molecule is CC1(C)c2ccccc2-c2ccc(N(c3ccccc3)c3ccc4c(c3)C3(CCCC3)c3cc5ccccc5c(N(c5ccccc5)c5ccc6c(c5)C(C)(C)c5ccccc5-6)c3-4)cc21. The molecule has 0 N–H and O–H groups in total. The smallest absolute Gasteiger partial charge is 0.0621 e. The third-order valence-corrected chi connectivity index (χ3v) is 15.9. The van der Waals surface area contributed by atoms with Crippen LogP contribution in [0.4, 0.5) is 34.1 Å². The summed E-state index contributed by atoms with van der Waals surface area (Å²) in [7, 11) is 0. The summed E-state index contributed by atoms with van der Waals surface area (Å²) in [5.41, 5.74) is 23.5. The van der Waals surface area contributed by atoms with Crippen molar-refractivity contribution in [2.75, 3.05) is 9.80 Å². The molecule has 0 aromatic heterocycles. The second-order valence-electron chi connectivity index (χ2n) is 20.0. The molecule has 314 valence electrons. The molecule has 0 radical (unpaired) electrons. The van der Waals surface area contributed by atoms with Crippen LogP contribution in [0, 0.1) is 0 Å². The van der Waals surface area contributed by atoms with Crippen LogP contribution in [0.3, 0.4) is 0 Å². The van der Waals surface area contributed by atoms with Crippen molar-refractivity contribution in [1.82, 2.24) is 0 Å². The molecule has 9 aromatic carbocycles. The highest BCUT2D eigenvalue weighted by molar-refractivity contribution is 6.10. The van der Waals surface area contributed by atoms with E-state index in [1.165, 1.54) is 124 Å². The standard InChI is InChI=1S/C63H52N2/c1-61(2)53-27-15-13-25-48(53)50-32-29-44(38-55(50)61)64(42-20-7-5-8-21-42)45-31-34-52-57(40-45)63(35-17-18-36-63)58-37-41-19-11-12-24-47(41)60(59(52)58)65(43-22-9-6-10-23-43)46-30-33-51-49-26-14-16-28-54(49)62(3,4)56(51)39-46/h5-16,19-34,37-40H,17-18,35-36H2,1-4H3. The molecular formula is C63H52N2. The molecule has 13 rings (SSSR count). The largest absolute Gasteiger partial charge is 0.310 e. The van der Waals surface area contributed by atoms with Crippen molar-refractivity contribution in [2.24, 2.45) is 0 Å². The lowest BCUT2D eigenvalue weighted by atomic mass is 9.76. The minimum absolute atomic E-state index is 0.0900. The van der Waals surface area contributed by atoms with Crippen molar-refractivity contribution >= 4 is 44.9 Å². The van der Waals surface area contributed by atoms with Crippen molar-refractivity contribution in [3.8, 4) is 33.4 Å². The van der Waals surface area contributed by atoms with Crippen LogP contribution < -0.4 is 9.80 Å². The first-order valence-electron chi connectivity index (χ1n) is 23.6. The van der Waals surface area contributed by atoms with E-state index in [4.69, 9.17) is 0 Å². The van der Waals surface area contributed by atoms with Gasteiger partial charge in [0.1, 0.15) is 0 Å². The first kappa shape index (κ1) is 38.3. The zero-order chi connectivity index (χ0) is 43.7. The second-order valence-corrected chi connectivity index (χ2v) is 20.0. The van der Waals surface area contributed by atoms with E-state index in [0.29, 0.717) is 0 Å². The summed E-state index contributed by atoms with van der Waals surface area (Å²) in [4.78, 5) is 5.09. The van der Waals surface area contributed by atoms with Crippen LogP contribution in [0.25, 0.3) is 44.2 Å². The molecule has 0 bridgehead atoms. The van der Waals surface area contributed by atoms with Gasteiger partial charge in [-0.25, -0.2) is 0 Å². The third kappa shape index (κ3) is 5.40. The van der Waals surface area contributed by atoms with E-state index in [1.54, 1.807) is 0 Å². The Morgan fingerprint density at radius 2 is 0.785 bits per heavy atom. The van der Waals surface area contributed by atoms with Crippen molar-refractivity contribution in [2.45, 2.75) is 69.6 Å². The number of rotatable bonds is 6. The van der Waals surface area contributed by atoms with Gasteiger partial charge in [0.25, 0.3) is 0 Å². The van der Waals surface area contributed by atoms with Crippen molar-refractivity contribution < 1.29 is 0 Å². The Bertz CT molecular complexity index is 3390. The Hall–Kier alpha value is -7.16. The van der Waals surface area contributed by atoms with Crippen LogP contribution in [0.1, 0.15) is 86.8 Å². The van der Waals surface area contributed by atoms with Gasteiger partial charge in [0.15, 0.2) is 0 Å². The zero-order valence-electron chi connectivity index (χ0n) is 37.7. The summed E-state index contributed by atoms with van der Waals surface area (Å²) in [6, 6.07) is 73.6. The van der Waals surface area contributed by atoms with Gasteiger partial charge in [0, 0.05) is 55.6 Å². The van der Waals surface area contributed by atoms with Gasteiger partial charge in [0.05, 0.1) is 5.69 Å². The number of hydrogen-bond donors (Lipinski definition) is 0. The lowest BCUT2D eigenvalue weighted by Gasteiger charge is -2.32. The highest BCUT2D eigenvalue weighted by atomic mass is 15.2. The molecule has 1 spiro atoms. The molecule has 0 heterocycles. The van der Waals surface area contributed by atoms with E-state index < -0.39 is 0 Å². The molecule has 1 fully saturated rings. The summed E-state index contributed by atoms with van der Waals surface area (Å²) < 4.78 is 0. The highest BCUT2D eigenvalue weighted by Crippen LogP contribution is 2.63. The van der Waals surface area contributed by atoms with Gasteiger partial charge in [-0.05, 0) is 146 Å². The molecule has 9 aromatic rings. The van der Waals surface area contributed by atoms with E-state index >= 15 is 0 Å². The number of hydrogen-bond acceptors (Lipinski definition) is 2. The van der Waals surface area contributed by atoms with E-state index in [9.17, 15) is 0 Å². The zero-order valence-corrected chi connectivity index (χ0v) is 37.7. The van der Waals surface area contributed by atoms with Crippen LogP contribution in [0.15, 0.2) is 194 Å². The lowest BCUT2D eigenvalue weighted by Crippen LogP contribution is -2.22. The van der Waals surface area contributed by atoms with Crippen LogP contribution in [-0.2, 0) is 16.2 Å². The molecule has 0 saturated heterocycles. The normalized spacial score (nSPS) is 16.1. The quantitative estimate of drug-likeness (QED) is 0.165. The Morgan fingerprint density at radius 1 is 0.338 bits per heavy atom. The molecule has 4 aliphatic carbocycles. The first-order chi connectivity index (χ1) is 31.7. The molecule has 0 atom stereocenters. The predicted molar refractivity (Wildman–Crippen MR) is 273 cm³/mol. The molecule has 0 amide bonds. The molecule has 1 saturated carbocycles. The van der Waals surface area contributed by atoms with Gasteiger partial charge in [-0.15, -0.1) is 0 Å². The lowest BCUT2D eigenvalue weighted by molar-refractivity contribution is 0.550. The van der Waals surface area contributed by atoms with Crippen LogP contribution in [0.5, 0.6) is 0 Å². The molecule has 4 aliphatic rings. The van der Waals surface area contributed by atoms with E-state index in [-0.39, 0.29) is 16.2 Å². The second kappa shape index (κ2) is 13.9. The number of fused-ring (bicyclic) bond motifs is 12. The fraction of sp³-hybridized carbons (Fsp3) is 0.175. The summed E-state index contributed by atoms with van der Waals surface area (Å²) in [5.74, 6) is 0. The molecule has 2 heteroatoms. The van der Waals surface area contributed by atoms with Crippen LogP contribution in [0.2, 0.25) is 0 Å². The average molecular weight is 837 g/mol. The van der Waals surface area contributed by atoms with Gasteiger partial charge in [-0.1, -0.05) is 168 Å². The minimum atomic E-state index is -0.120. The molecule has 2 nitrogen and oxygen atoms in total. The Morgan fingerprint density at radius 3 is 1.37 bits per heavy atom. The van der Waals surface area contributed by atoms with Crippen molar-refractivity contribution in [3.63, 3.8) is 0 Å². The Kier molecular flexibility index (Phi) is 8.20. The molecular weight excluding hydrogens is 785 g/mol. The van der Waals surface area contributed by atoms with E-state index in [1.807, 2.05) is 0 Å². The van der Waals surface area contributed by atoms with Crippen molar-refractivity contribution in [3.05, 3.63) is 228 Å². The molecule has 0 unspecified atom stereocenters. The maximum absolute atomic E-state index is 2.59. The van der Waals surface area contributed by atoms with Crippen molar-refractivity contribution in [1.29, 1.82) is 0 Å². The number of anilines is 6. The maximum atomic E-state index is 2.59. The number of benzene rings is 9. The van der Waals surface area contributed by atoms with Gasteiger partial charge in [-0.3, -0.25) is 0 Å². The minimum Gasteiger partial charge on any atom is -0.310 e. The predicted octanol–water partition coefficient (Wildman–Crippen LogP) is 17.2. The van der Waals surface area contributed by atoms with E-state index in [0.717, 1.165) is 12.8 Å². The third-order valence-electron chi connectivity index (χ3n) is 15.9. The van der Waals surface area contributed by atoms with Gasteiger partial charge >= 0.3 is 0 Å². The number of para-hydroxylation sites is 2. The highest BCUT2D eigenvalue weighted by Gasteiger charge is 2.48. The Labute approximate surface area is 383 Å². The van der Waals surface area contributed by atoms with E-state index in [2.05, 4.69) is 232 Å². The maximum Gasteiger partial charge on any atom is 0.0621 e. The topological polar surface area (TPSA) is 6.48 Å². The number of nitrogens with zero attached hydrogens (tertiary/aromatic N) is 2. The summed E-state index contributed by atoms with van der Waals surface area (Å²) in [6.45, 7) is 9.55. The molecule has 65 heavy (non-hydrogen) atoms. The molecule has 0 aliphatic heterocycles. The van der Waals surface area contributed by atoms with Crippen LogP contribution in [-0.4, -0.2) is 0 Å². The summed E-state index contributed by atoms with van der Waals surface area (Å²) in [5, 5.41) is 2.57.